The number of aryl methyl sites for hydroxylation is 4. The average Bonchev–Trinajstić information content (AvgIpc) is 4.31. The first kappa shape index (κ1) is 43.7. The predicted molar refractivity (Wildman–Crippen MR) is 277 cm³/mol. The maximum absolute atomic E-state index is 5.06. The van der Waals surface area contributed by atoms with Crippen molar-refractivity contribution in [1.29, 1.82) is 0 Å². The molecule has 73 heavy (non-hydrogen) atoms. The van der Waals surface area contributed by atoms with Crippen molar-refractivity contribution < 1.29 is 0 Å². The summed E-state index contributed by atoms with van der Waals surface area (Å²) < 4.78 is 0. The van der Waals surface area contributed by atoms with E-state index in [2.05, 4.69) is 100 Å². The summed E-state index contributed by atoms with van der Waals surface area (Å²) in [6, 6.07) is 28.5. The van der Waals surface area contributed by atoms with Crippen LogP contribution in [0.3, 0.4) is 0 Å². The van der Waals surface area contributed by atoms with Crippen molar-refractivity contribution >= 4 is 0 Å². The van der Waals surface area contributed by atoms with Crippen LogP contribution in [0.5, 0.6) is 0 Å². The third-order valence-corrected chi connectivity index (χ3v) is 16.1. The van der Waals surface area contributed by atoms with Crippen LogP contribution >= 0.6 is 0 Å². The second-order valence-corrected chi connectivity index (χ2v) is 19.9. The van der Waals surface area contributed by atoms with Crippen LogP contribution in [0.1, 0.15) is 117 Å². The summed E-state index contributed by atoms with van der Waals surface area (Å²) in [5.41, 5.74) is 22.4. The van der Waals surface area contributed by atoms with Gasteiger partial charge in [0, 0.05) is 50.5 Å². The average molecular weight is 953 g/mol. The molecule has 0 unspecified atom stereocenters. The molecule has 12 heteroatoms. The highest BCUT2D eigenvalue weighted by atomic mass is 15.0. The third kappa shape index (κ3) is 6.64. The molecule has 0 amide bonds. The zero-order chi connectivity index (χ0) is 49.0. The van der Waals surface area contributed by atoms with Gasteiger partial charge in [0.25, 0.3) is 0 Å². The molecule has 0 atom stereocenters. The molecule has 4 aromatic carbocycles. The molecule has 0 saturated carbocycles. The largest absolute Gasteiger partial charge is 0.259 e. The first-order valence-corrected chi connectivity index (χ1v) is 25.9. The van der Waals surface area contributed by atoms with Crippen molar-refractivity contribution in [1.82, 2.24) is 19.9 Å². The Labute approximate surface area is 421 Å². The molecule has 14 rings (SSSR count). The quantitative estimate of drug-likeness (QED) is 0.168. The number of hydrogen-bond acceptors (Lipinski definition) is 12. The second kappa shape index (κ2) is 17.0. The van der Waals surface area contributed by atoms with Gasteiger partial charge in [-0.1, -0.05) is 100 Å². The summed E-state index contributed by atoms with van der Waals surface area (Å²) in [5.74, 6) is 0. The zero-order valence-corrected chi connectivity index (χ0v) is 41.6. The first-order chi connectivity index (χ1) is 35.9. The summed E-state index contributed by atoms with van der Waals surface area (Å²) in [6.45, 7) is 10.4. The summed E-state index contributed by atoms with van der Waals surface area (Å²) in [5, 5.41) is 7.68. The molecule has 12 nitrogen and oxygen atoms in total. The third-order valence-electron chi connectivity index (χ3n) is 16.1. The molecular formula is C61H52N12. The molecule has 0 radical (unpaired) electrons. The second-order valence-electron chi connectivity index (χ2n) is 19.9. The van der Waals surface area contributed by atoms with Crippen molar-refractivity contribution in [3.63, 3.8) is 0 Å². The van der Waals surface area contributed by atoms with Crippen molar-refractivity contribution in [3.8, 4) is 22.3 Å². The fourth-order valence-corrected chi connectivity index (χ4v) is 12.5. The highest BCUT2D eigenvalue weighted by Gasteiger charge is 2.52. The highest BCUT2D eigenvalue weighted by Crippen LogP contribution is 2.63. The zero-order valence-electron chi connectivity index (χ0n) is 41.6. The number of nitrogens with zero attached hydrogens (tertiary/aromatic N) is 12. The lowest BCUT2D eigenvalue weighted by Crippen LogP contribution is -2.32. The predicted octanol–water partition coefficient (Wildman–Crippen LogP) is 5.06. The SMILES string of the molecule is CCc1cnc(Cc2ccc3c(c2)C2(c4cc(Cc5ncc(CC)c6c5=NCN=6)ccc4-3)c3cc(Cc4ncc(CC)c5c4=NCN=5)ccc3-c3ccc(Cc4ncc(CC)c5c4=NCN=5)cc32)c2c1=NCN=2. The van der Waals surface area contributed by atoms with Crippen molar-refractivity contribution in [2.75, 3.05) is 26.7 Å². The Bertz CT molecular complexity index is 3740. The summed E-state index contributed by atoms with van der Waals surface area (Å²) in [6.07, 6.45) is 14.0. The van der Waals surface area contributed by atoms with Crippen LogP contribution in [0.25, 0.3) is 22.3 Å². The lowest BCUT2D eigenvalue weighted by molar-refractivity contribution is 0.784. The number of benzene rings is 4. The standard InChI is InChI=1S/C61H52N12/c1-5-37-25-62-49(57-53(37)66-29-70-57)21-33-9-13-41-42-14-10-34(22-50-58-54(67-30-71-58)38(6-2)26-63-50)18-46(42)61(45(41)17-33)47-19-35(23-51-59-55(68-31-72-59)39(7-3)27-64-51)11-15-43(47)44-16-12-36(20-48(44)61)24-52-60-56(69-32-73-60)40(8-4)28-65-52/h9-20,25-28H,5-8,21-24,29-32H2,1-4H3. The van der Waals surface area contributed by atoms with Crippen LogP contribution < -0.4 is 42.9 Å². The Morgan fingerprint density at radius 3 is 0.781 bits per heavy atom. The molecule has 4 aliphatic heterocycles. The van der Waals surface area contributed by atoms with Crippen molar-refractivity contribution in [2.24, 2.45) is 39.9 Å². The molecule has 8 aromatic rings. The van der Waals surface area contributed by atoms with Crippen molar-refractivity contribution in [2.45, 2.75) is 84.5 Å². The Balaban J connectivity index is 0.997. The minimum absolute atomic E-state index is 0.446. The van der Waals surface area contributed by atoms with Gasteiger partial charge in [-0.25, -0.2) is 0 Å². The van der Waals surface area contributed by atoms with Gasteiger partial charge in [-0.3, -0.25) is 59.9 Å². The molecule has 0 saturated heterocycles. The van der Waals surface area contributed by atoms with E-state index in [-0.39, 0.29) is 0 Å². The van der Waals surface area contributed by atoms with Gasteiger partial charge >= 0.3 is 0 Å². The first-order valence-electron chi connectivity index (χ1n) is 25.9. The number of hydrogen-bond donors (Lipinski definition) is 0. The van der Waals surface area contributed by atoms with Crippen LogP contribution in [-0.4, -0.2) is 46.6 Å². The smallest absolute Gasteiger partial charge is 0.131 e. The van der Waals surface area contributed by atoms with Crippen LogP contribution in [0.15, 0.2) is 138 Å². The van der Waals surface area contributed by atoms with Gasteiger partial charge in [-0.15, -0.1) is 0 Å². The minimum atomic E-state index is -0.696. The van der Waals surface area contributed by atoms with Gasteiger partial charge in [-0.05, 0) is 115 Å². The molecule has 4 aromatic heterocycles. The van der Waals surface area contributed by atoms with E-state index < -0.39 is 5.41 Å². The van der Waals surface area contributed by atoms with E-state index in [1.54, 1.807) is 0 Å². The Hall–Kier alpha value is -8.12. The molecular weight excluding hydrogens is 901 g/mol. The van der Waals surface area contributed by atoms with Crippen LogP contribution in [0, 0.1) is 0 Å². The lowest BCUT2D eigenvalue weighted by atomic mass is 9.69. The molecule has 6 aliphatic rings. The summed E-state index contributed by atoms with van der Waals surface area (Å²) in [4.78, 5) is 59.0. The van der Waals surface area contributed by atoms with E-state index in [1.807, 2.05) is 24.8 Å². The maximum Gasteiger partial charge on any atom is 0.131 e. The molecule has 8 heterocycles. The van der Waals surface area contributed by atoms with Gasteiger partial charge in [0.1, 0.15) is 48.1 Å². The topological polar surface area (TPSA) is 150 Å². The molecule has 2 aliphatic carbocycles. The van der Waals surface area contributed by atoms with Gasteiger partial charge in [0.05, 0.1) is 49.6 Å². The molecule has 356 valence electrons. The van der Waals surface area contributed by atoms with E-state index >= 15 is 0 Å². The van der Waals surface area contributed by atoms with Crippen LogP contribution in [-0.2, 0) is 56.8 Å². The maximum atomic E-state index is 5.06. The van der Waals surface area contributed by atoms with Gasteiger partial charge in [0.2, 0.25) is 0 Å². The van der Waals surface area contributed by atoms with E-state index in [0.29, 0.717) is 52.4 Å². The van der Waals surface area contributed by atoms with E-state index in [1.165, 1.54) is 66.8 Å². The monoisotopic (exact) mass is 952 g/mol. The van der Waals surface area contributed by atoms with Gasteiger partial charge < -0.3 is 0 Å². The Morgan fingerprint density at radius 2 is 0.548 bits per heavy atom. The fraction of sp³-hybridized carbons (Fsp3) is 0.279. The van der Waals surface area contributed by atoms with Gasteiger partial charge in [0.15, 0.2) is 0 Å². The molecule has 0 fully saturated rings. The molecule has 0 bridgehead atoms. The van der Waals surface area contributed by atoms with Gasteiger partial charge in [-0.2, -0.15) is 0 Å². The number of pyridine rings is 4. The van der Waals surface area contributed by atoms with E-state index in [4.69, 9.17) is 59.9 Å². The summed E-state index contributed by atoms with van der Waals surface area (Å²) >= 11 is 0. The van der Waals surface area contributed by atoms with E-state index in [0.717, 1.165) is 114 Å². The molecule has 1 spiro atoms. The van der Waals surface area contributed by atoms with Crippen LogP contribution in [0.4, 0.5) is 0 Å². The normalized spacial score (nSPS) is 15.0. The van der Waals surface area contributed by atoms with Crippen molar-refractivity contribution in [3.05, 3.63) is 230 Å². The van der Waals surface area contributed by atoms with E-state index in [9.17, 15) is 0 Å². The van der Waals surface area contributed by atoms with Crippen LogP contribution in [0.2, 0.25) is 0 Å². The number of fused-ring (bicyclic) bond motifs is 14. The number of rotatable bonds is 12. The lowest BCUT2D eigenvalue weighted by Gasteiger charge is -2.32. The number of aromatic nitrogens is 4. The Morgan fingerprint density at radius 1 is 0.315 bits per heavy atom. The highest BCUT2D eigenvalue weighted by molar-refractivity contribution is 5.95. The summed E-state index contributed by atoms with van der Waals surface area (Å²) in [7, 11) is 0. The Kier molecular flexibility index (Phi) is 10.2. The molecule has 0 N–H and O–H groups in total. The minimum Gasteiger partial charge on any atom is -0.259 e. The fourth-order valence-electron chi connectivity index (χ4n) is 12.5.